The van der Waals surface area contributed by atoms with Gasteiger partial charge in [-0.1, -0.05) is 23.4 Å². The molecule has 0 unspecified atom stereocenters. The number of hydrogen-bond acceptors (Lipinski definition) is 4. The third-order valence-corrected chi connectivity index (χ3v) is 4.30. The maximum atomic E-state index is 11.9. The van der Waals surface area contributed by atoms with Gasteiger partial charge >= 0.3 is 0 Å². The van der Waals surface area contributed by atoms with Crippen LogP contribution in [0.25, 0.3) is 0 Å². The maximum absolute atomic E-state index is 11.9. The lowest BCUT2D eigenvalue weighted by molar-refractivity contribution is 0.0952. The minimum Gasteiger partial charge on any atom is -0.347 e. The molecule has 1 amide bonds. The molecule has 0 atom stereocenters. The standard InChI is InChI=1S/C13H11ClN2OS2/c14-12-4-3-11(19-12)7-16-13(17)9-6-10(18-8-9)2-1-5-15/h3-4,6,8H,5,7,15H2,(H,16,17). The second kappa shape index (κ2) is 6.73. The lowest BCUT2D eigenvalue weighted by Gasteiger charge is -2.00. The molecule has 0 radical (unpaired) electrons. The van der Waals surface area contributed by atoms with Gasteiger partial charge in [-0.3, -0.25) is 4.79 Å². The highest BCUT2D eigenvalue weighted by molar-refractivity contribution is 7.16. The van der Waals surface area contributed by atoms with Crippen LogP contribution in [0.4, 0.5) is 0 Å². The Balaban J connectivity index is 1.94. The summed E-state index contributed by atoms with van der Waals surface area (Å²) in [7, 11) is 0. The SMILES string of the molecule is NCC#Cc1cc(C(=O)NCc2ccc(Cl)s2)cs1. The molecule has 98 valence electrons. The lowest BCUT2D eigenvalue weighted by atomic mass is 10.3. The third kappa shape index (κ3) is 4.08. The van der Waals surface area contributed by atoms with Crippen LogP contribution in [-0.4, -0.2) is 12.5 Å². The van der Waals surface area contributed by atoms with Crippen molar-refractivity contribution in [2.24, 2.45) is 5.73 Å². The molecule has 0 aliphatic carbocycles. The fourth-order valence-electron chi connectivity index (χ4n) is 1.38. The van der Waals surface area contributed by atoms with E-state index in [4.69, 9.17) is 17.3 Å². The highest BCUT2D eigenvalue weighted by Gasteiger charge is 2.08. The molecule has 3 N–H and O–H groups in total. The number of thiophene rings is 2. The normalized spacial score (nSPS) is 9.79. The molecule has 0 bridgehead atoms. The zero-order chi connectivity index (χ0) is 13.7. The molecular formula is C13H11ClN2OS2. The van der Waals surface area contributed by atoms with Gasteiger partial charge in [-0.05, 0) is 18.2 Å². The van der Waals surface area contributed by atoms with Gasteiger partial charge in [-0.25, -0.2) is 0 Å². The summed E-state index contributed by atoms with van der Waals surface area (Å²) in [6, 6.07) is 5.49. The number of amides is 1. The van der Waals surface area contributed by atoms with Gasteiger partial charge in [0.05, 0.1) is 27.9 Å². The van der Waals surface area contributed by atoms with E-state index >= 15 is 0 Å². The van der Waals surface area contributed by atoms with E-state index in [1.807, 2.05) is 12.1 Å². The van der Waals surface area contributed by atoms with E-state index in [-0.39, 0.29) is 5.91 Å². The van der Waals surface area contributed by atoms with Crippen molar-refractivity contribution in [2.75, 3.05) is 6.54 Å². The fourth-order valence-corrected chi connectivity index (χ4v) is 3.16. The van der Waals surface area contributed by atoms with Crippen LogP contribution in [0.15, 0.2) is 23.6 Å². The molecule has 0 saturated heterocycles. The van der Waals surface area contributed by atoms with E-state index in [0.29, 0.717) is 18.7 Å². The quantitative estimate of drug-likeness (QED) is 0.856. The predicted octanol–water partition coefficient (Wildman–Crippen LogP) is 2.70. The topological polar surface area (TPSA) is 55.1 Å². The number of rotatable bonds is 3. The van der Waals surface area contributed by atoms with Crippen molar-refractivity contribution in [1.29, 1.82) is 0 Å². The predicted molar refractivity (Wildman–Crippen MR) is 80.8 cm³/mol. The minimum atomic E-state index is -0.110. The van der Waals surface area contributed by atoms with Crippen molar-refractivity contribution in [3.05, 3.63) is 43.2 Å². The molecule has 6 heteroatoms. The number of nitrogens with two attached hydrogens (primary N) is 1. The second-order valence-corrected chi connectivity index (χ2v) is 6.30. The highest BCUT2D eigenvalue weighted by Crippen LogP contribution is 2.21. The van der Waals surface area contributed by atoms with Crippen LogP contribution >= 0.6 is 34.3 Å². The average molecular weight is 311 g/mol. The van der Waals surface area contributed by atoms with Crippen molar-refractivity contribution in [3.8, 4) is 11.8 Å². The van der Waals surface area contributed by atoms with Gasteiger partial charge in [0.1, 0.15) is 0 Å². The molecule has 0 saturated carbocycles. The van der Waals surface area contributed by atoms with Crippen molar-refractivity contribution in [3.63, 3.8) is 0 Å². The van der Waals surface area contributed by atoms with Crippen LogP contribution in [-0.2, 0) is 6.54 Å². The van der Waals surface area contributed by atoms with Gasteiger partial charge in [0.25, 0.3) is 5.91 Å². The average Bonchev–Trinajstić information content (AvgIpc) is 3.02. The number of halogens is 1. The molecule has 0 aliphatic rings. The van der Waals surface area contributed by atoms with Crippen LogP contribution < -0.4 is 11.1 Å². The summed E-state index contributed by atoms with van der Waals surface area (Å²) in [5, 5.41) is 4.63. The van der Waals surface area contributed by atoms with E-state index in [0.717, 1.165) is 14.1 Å². The molecule has 2 heterocycles. The van der Waals surface area contributed by atoms with Gasteiger partial charge in [-0.2, -0.15) is 0 Å². The molecule has 2 rings (SSSR count). The molecule has 0 aromatic carbocycles. The van der Waals surface area contributed by atoms with E-state index in [9.17, 15) is 4.79 Å². The van der Waals surface area contributed by atoms with Gasteiger partial charge in [0.15, 0.2) is 0 Å². The molecule has 0 aliphatic heterocycles. The Labute approximate surface area is 124 Å². The van der Waals surface area contributed by atoms with E-state index < -0.39 is 0 Å². The minimum absolute atomic E-state index is 0.110. The molecule has 19 heavy (non-hydrogen) atoms. The third-order valence-electron chi connectivity index (χ3n) is 2.23. The number of carbonyl (C=O) groups excluding carboxylic acids is 1. The molecule has 0 spiro atoms. The van der Waals surface area contributed by atoms with Crippen LogP contribution in [0, 0.1) is 11.8 Å². The summed E-state index contributed by atoms with van der Waals surface area (Å²) in [4.78, 5) is 13.8. The first-order valence-corrected chi connectivity index (χ1v) is 7.56. The Bertz CT molecular complexity index is 636. The van der Waals surface area contributed by atoms with Crippen LogP contribution in [0.1, 0.15) is 20.1 Å². The summed E-state index contributed by atoms with van der Waals surface area (Å²) in [5.74, 6) is 5.56. The van der Waals surface area contributed by atoms with E-state index in [2.05, 4.69) is 17.2 Å². The van der Waals surface area contributed by atoms with Crippen molar-refractivity contribution >= 4 is 40.2 Å². The Morgan fingerprint density at radius 3 is 3.00 bits per heavy atom. The highest BCUT2D eigenvalue weighted by atomic mass is 35.5. The maximum Gasteiger partial charge on any atom is 0.252 e. The van der Waals surface area contributed by atoms with E-state index in [1.165, 1.54) is 22.7 Å². The number of carbonyl (C=O) groups is 1. The monoisotopic (exact) mass is 310 g/mol. The summed E-state index contributed by atoms with van der Waals surface area (Å²) >= 11 is 8.72. The Hall–Kier alpha value is -1.32. The first-order valence-electron chi connectivity index (χ1n) is 5.49. The molecule has 3 nitrogen and oxygen atoms in total. The smallest absolute Gasteiger partial charge is 0.252 e. The van der Waals surface area contributed by atoms with Crippen LogP contribution in [0.2, 0.25) is 4.34 Å². The summed E-state index contributed by atoms with van der Waals surface area (Å²) in [6.07, 6.45) is 0. The Kier molecular flexibility index (Phi) is 5.00. The molecule has 0 fully saturated rings. The number of nitrogens with one attached hydrogen (secondary N) is 1. The van der Waals surface area contributed by atoms with Crippen LogP contribution in [0.3, 0.4) is 0 Å². The summed E-state index contributed by atoms with van der Waals surface area (Å²) in [5.41, 5.74) is 5.92. The van der Waals surface area contributed by atoms with Crippen molar-refractivity contribution in [1.82, 2.24) is 5.32 Å². The Morgan fingerprint density at radius 2 is 2.32 bits per heavy atom. The molecular weight excluding hydrogens is 300 g/mol. The largest absolute Gasteiger partial charge is 0.347 e. The van der Waals surface area contributed by atoms with Gasteiger partial charge in [0.2, 0.25) is 0 Å². The first-order chi connectivity index (χ1) is 9.19. The number of hydrogen-bond donors (Lipinski definition) is 2. The van der Waals surface area contributed by atoms with Gasteiger partial charge < -0.3 is 11.1 Å². The van der Waals surface area contributed by atoms with Crippen molar-refractivity contribution < 1.29 is 4.79 Å². The van der Waals surface area contributed by atoms with Crippen molar-refractivity contribution in [2.45, 2.75) is 6.54 Å². The van der Waals surface area contributed by atoms with E-state index in [1.54, 1.807) is 11.4 Å². The van der Waals surface area contributed by atoms with Gasteiger partial charge in [0, 0.05) is 10.3 Å². The zero-order valence-corrected chi connectivity index (χ0v) is 12.3. The second-order valence-electron chi connectivity index (χ2n) is 3.59. The molecule has 2 aromatic rings. The fraction of sp³-hybridized carbons (Fsp3) is 0.154. The zero-order valence-electron chi connectivity index (χ0n) is 9.90. The van der Waals surface area contributed by atoms with Crippen LogP contribution in [0.5, 0.6) is 0 Å². The lowest BCUT2D eigenvalue weighted by Crippen LogP contribution is -2.21. The summed E-state index contributed by atoms with van der Waals surface area (Å²) in [6.45, 7) is 0.800. The Morgan fingerprint density at radius 1 is 1.47 bits per heavy atom. The first kappa shape index (κ1) is 14.1. The summed E-state index contributed by atoms with van der Waals surface area (Å²) < 4.78 is 0.721. The molecule has 2 aromatic heterocycles. The van der Waals surface area contributed by atoms with Gasteiger partial charge in [-0.15, -0.1) is 22.7 Å².